The van der Waals surface area contributed by atoms with E-state index in [2.05, 4.69) is 52.6 Å². The van der Waals surface area contributed by atoms with Gasteiger partial charge in [-0.05, 0) is 37.3 Å². The van der Waals surface area contributed by atoms with E-state index in [1.165, 1.54) is 6.04 Å². The molecule has 0 aromatic rings. The number of allylic oxidation sites excluding steroid dienone is 3. The quantitative estimate of drug-likeness (QED) is 0.343. The molecule has 0 atom stereocenters. The topological polar surface area (TPSA) is 9.23 Å². The molecule has 0 aliphatic rings. The van der Waals surface area contributed by atoms with Crippen LogP contribution < -0.4 is 0 Å². The van der Waals surface area contributed by atoms with Crippen molar-refractivity contribution in [3.05, 3.63) is 24.0 Å². The molecular weight excluding hydrogens is 224 g/mol. The Morgan fingerprint density at radius 1 is 1.18 bits per heavy atom. The van der Waals surface area contributed by atoms with Gasteiger partial charge in [0.1, 0.15) is 0 Å². The lowest BCUT2D eigenvalue weighted by Gasteiger charge is -2.22. The van der Waals surface area contributed by atoms with E-state index >= 15 is 0 Å². The summed E-state index contributed by atoms with van der Waals surface area (Å²) in [5, 5.41) is 0. The lowest BCUT2D eigenvalue weighted by molar-refractivity contribution is 0.326. The van der Waals surface area contributed by atoms with E-state index in [-0.39, 0.29) is 0 Å². The number of hydrogen-bond acceptors (Lipinski definition) is 1. The van der Waals surface area contributed by atoms with E-state index in [0.29, 0.717) is 5.41 Å². The van der Waals surface area contributed by atoms with Crippen molar-refractivity contribution in [3.8, 4) is 0 Å². The lowest BCUT2D eigenvalue weighted by atomic mass is 9.85. The van der Waals surface area contributed by atoms with Crippen molar-refractivity contribution in [1.82, 2.24) is 0 Å². The Balaban J connectivity index is 4.23. The molecule has 0 aliphatic heterocycles. The maximum atomic E-state index is 4.94. The standard InChI is InChI=1S/C15H30OSi/c1-14(13-17(5,6)7)9-11-15(2,3)10-8-12-16-4/h8-9,12H,10-11,13H2,1-7H3/b12-8+,14-9+. The highest BCUT2D eigenvalue weighted by atomic mass is 28.3. The van der Waals surface area contributed by atoms with Crippen LogP contribution in [0.15, 0.2) is 24.0 Å². The van der Waals surface area contributed by atoms with Gasteiger partial charge in [-0.25, -0.2) is 0 Å². The van der Waals surface area contributed by atoms with Crippen LogP contribution in [-0.2, 0) is 4.74 Å². The smallest absolute Gasteiger partial charge is 0.0784 e. The van der Waals surface area contributed by atoms with Crippen LogP contribution in [0.3, 0.4) is 0 Å². The fourth-order valence-electron chi connectivity index (χ4n) is 1.91. The van der Waals surface area contributed by atoms with Crippen molar-refractivity contribution in [3.63, 3.8) is 0 Å². The third-order valence-electron chi connectivity index (χ3n) is 2.72. The van der Waals surface area contributed by atoms with Crippen molar-refractivity contribution in [2.75, 3.05) is 7.11 Å². The first-order valence-electron chi connectivity index (χ1n) is 6.50. The molecule has 0 spiro atoms. The summed E-state index contributed by atoms with van der Waals surface area (Å²) < 4.78 is 4.94. The average molecular weight is 254 g/mol. The Kier molecular flexibility index (Phi) is 6.84. The maximum Gasteiger partial charge on any atom is 0.0784 e. The molecule has 17 heavy (non-hydrogen) atoms. The van der Waals surface area contributed by atoms with Gasteiger partial charge in [0.2, 0.25) is 0 Å². The van der Waals surface area contributed by atoms with Gasteiger partial charge >= 0.3 is 0 Å². The molecule has 0 aromatic heterocycles. The first kappa shape index (κ1) is 16.5. The van der Waals surface area contributed by atoms with Crippen molar-refractivity contribution in [1.29, 1.82) is 0 Å². The summed E-state index contributed by atoms with van der Waals surface area (Å²) in [5.41, 5.74) is 1.89. The second kappa shape index (κ2) is 7.05. The minimum atomic E-state index is -0.950. The summed E-state index contributed by atoms with van der Waals surface area (Å²) in [4.78, 5) is 0. The first-order chi connectivity index (χ1) is 7.66. The molecule has 0 fully saturated rings. The van der Waals surface area contributed by atoms with Crippen LogP contribution in [0.1, 0.15) is 33.6 Å². The Bertz CT molecular complexity index is 269. The van der Waals surface area contributed by atoms with Crippen LogP contribution in [0.25, 0.3) is 0 Å². The monoisotopic (exact) mass is 254 g/mol. The molecule has 0 saturated carbocycles. The second-order valence-corrected chi connectivity index (χ2v) is 12.4. The van der Waals surface area contributed by atoms with Gasteiger partial charge in [-0.2, -0.15) is 0 Å². The first-order valence-corrected chi connectivity index (χ1v) is 10.2. The lowest BCUT2D eigenvalue weighted by Crippen LogP contribution is -2.19. The van der Waals surface area contributed by atoms with Crippen LogP contribution in [0.2, 0.25) is 25.7 Å². The number of ether oxygens (including phenoxy) is 1. The third kappa shape index (κ3) is 10.4. The van der Waals surface area contributed by atoms with Crippen molar-refractivity contribution in [2.24, 2.45) is 5.41 Å². The van der Waals surface area contributed by atoms with E-state index < -0.39 is 8.07 Å². The van der Waals surface area contributed by atoms with Gasteiger partial charge in [-0.3, -0.25) is 0 Å². The zero-order valence-electron chi connectivity index (χ0n) is 12.8. The molecule has 0 amide bonds. The molecule has 0 bridgehead atoms. The summed E-state index contributed by atoms with van der Waals surface area (Å²) in [6, 6.07) is 1.32. The van der Waals surface area contributed by atoms with Crippen molar-refractivity contribution in [2.45, 2.75) is 59.3 Å². The van der Waals surface area contributed by atoms with Gasteiger partial charge in [-0.1, -0.05) is 45.1 Å². The van der Waals surface area contributed by atoms with E-state index in [9.17, 15) is 0 Å². The summed E-state index contributed by atoms with van der Waals surface area (Å²) in [7, 11) is 0.746. The van der Waals surface area contributed by atoms with Gasteiger partial charge in [0.05, 0.1) is 13.4 Å². The molecule has 1 nitrogen and oxygen atoms in total. The van der Waals surface area contributed by atoms with Crippen LogP contribution in [0.4, 0.5) is 0 Å². The molecule has 0 aromatic carbocycles. The molecule has 0 aliphatic carbocycles. The minimum Gasteiger partial charge on any atom is -0.505 e. The van der Waals surface area contributed by atoms with Gasteiger partial charge in [0.25, 0.3) is 0 Å². The number of methoxy groups -OCH3 is 1. The van der Waals surface area contributed by atoms with Crippen LogP contribution in [0.5, 0.6) is 0 Å². The fraction of sp³-hybridized carbons (Fsp3) is 0.733. The summed E-state index contributed by atoms with van der Waals surface area (Å²) >= 11 is 0. The van der Waals surface area contributed by atoms with Gasteiger partial charge in [0, 0.05) is 8.07 Å². The maximum absolute atomic E-state index is 4.94. The molecule has 0 N–H and O–H groups in total. The predicted octanol–water partition coefficient (Wildman–Crippen LogP) is 5.24. The highest BCUT2D eigenvalue weighted by molar-refractivity contribution is 6.76. The van der Waals surface area contributed by atoms with E-state index in [1.54, 1.807) is 18.9 Å². The minimum absolute atomic E-state index is 0.329. The van der Waals surface area contributed by atoms with Crippen LogP contribution >= 0.6 is 0 Å². The zero-order chi connectivity index (χ0) is 13.5. The highest BCUT2D eigenvalue weighted by Crippen LogP contribution is 2.28. The molecule has 100 valence electrons. The van der Waals surface area contributed by atoms with Crippen molar-refractivity contribution >= 4 is 8.07 Å². The van der Waals surface area contributed by atoms with Crippen LogP contribution in [0, 0.1) is 5.41 Å². The number of rotatable bonds is 7. The second-order valence-electron chi connectivity index (χ2n) is 6.97. The Morgan fingerprint density at radius 2 is 1.76 bits per heavy atom. The highest BCUT2D eigenvalue weighted by Gasteiger charge is 2.16. The molecule has 2 heteroatoms. The van der Waals surface area contributed by atoms with E-state index in [4.69, 9.17) is 4.74 Å². The van der Waals surface area contributed by atoms with Gasteiger partial charge in [0.15, 0.2) is 0 Å². The fourth-order valence-corrected chi connectivity index (χ4v) is 3.72. The van der Waals surface area contributed by atoms with Crippen molar-refractivity contribution < 1.29 is 4.74 Å². The number of hydrogen-bond donors (Lipinski definition) is 0. The normalized spacial score (nSPS) is 14.4. The summed E-state index contributed by atoms with van der Waals surface area (Å²) in [5.74, 6) is 0. The SMILES string of the molecule is CO/C=C/CC(C)(C)C/C=C(\C)C[Si](C)(C)C. The summed E-state index contributed by atoms with van der Waals surface area (Å²) in [6.45, 7) is 14.2. The molecular formula is C15H30OSi. The molecule has 0 radical (unpaired) electrons. The van der Waals surface area contributed by atoms with E-state index in [1.807, 2.05) is 0 Å². The molecule has 0 saturated heterocycles. The Hall–Kier alpha value is -0.503. The van der Waals surface area contributed by atoms with Crippen LogP contribution in [-0.4, -0.2) is 15.2 Å². The largest absolute Gasteiger partial charge is 0.505 e. The van der Waals surface area contributed by atoms with Gasteiger partial charge < -0.3 is 4.74 Å². The van der Waals surface area contributed by atoms with E-state index in [0.717, 1.165) is 12.8 Å². The predicted molar refractivity (Wildman–Crippen MR) is 81.1 cm³/mol. The average Bonchev–Trinajstić information content (AvgIpc) is 2.13. The Labute approximate surface area is 109 Å². The molecule has 0 heterocycles. The summed E-state index contributed by atoms with van der Waals surface area (Å²) in [6.07, 6.45) is 8.54. The third-order valence-corrected chi connectivity index (χ3v) is 4.33. The molecule has 0 unspecified atom stereocenters. The van der Waals surface area contributed by atoms with Gasteiger partial charge in [-0.15, -0.1) is 0 Å². The zero-order valence-corrected chi connectivity index (χ0v) is 13.8. The molecule has 0 rings (SSSR count). The Morgan fingerprint density at radius 3 is 2.24 bits per heavy atom.